The van der Waals surface area contributed by atoms with E-state index in [4.69, 9.17) is 21.3 Å². The molecule has 0 atom stereocenters. The van der Waals surface area contributed by atoms with E-state index in [9.17, 15) is 9.59 Å². The maximum Gasteiger partial charge on any atom is 0.297 e. The number of fused-ring (bicyclic) bond motifs is 3. The first kappa shape index (κ1) is 16.8. The summed E-state index contributed by atoms with van der Waals surface area (Å²) in [4.78, 5) is 29.2. The van der Waals surface area contributed by atoms with Gasteiger partial charge in [0.25, 0.3) is 5.56 Å². The van der Waals surface area contributed by atoms with Crippen molar-refractivity contribution in [2.45, 2.75) is 6.54 Å². The van der Waals surface area contributed by atoms with Crippen LogP contribution in [0.25, 0.3) is 22.1 Å². The van der Waals surface area contributed by atoms with Crippen LogP contribution in [0.5, 0.6) is 0 Å². The van der Waals surface area contributed by atoms with Crippen LogP contribution in [0.1, 0.15) is 5.56 Å². The number of amides is 1. The van der Waals surface area contributed by atoms with Crippen molar-refractivity contribution in [3.63, 3.8) is 0 Å². The Balaban J connectivity index is 1.66. The summed E-state index contributed by atoms with van der Waals surface area (Å²) in [6.07, 6.45) is 1.30. The third-order valence-corrected chi connectivity index (χ3v) is 4.28. The molecule has 8 heteroatoms. The summed E-state index contributed by atoms with van der Waals surface area (Å²) in [5, 5.41) is 12.8. The molecule has 2 aromatic heterocycles. The Labute approximate surface area is 157 Å². The summed E-state index contributed by atoms with van der Waals surface area (Å²) >= 11 is 5.91. The van der Waals surface area contributed by atoms with E-state index in [0.717, 1.165) is 9.95 Å². The summed E-state index contributed by atoms with van der Waals surface area (Å²) in [5.74, 6) is -0.492. The number of aromatic nitrogens is 2. The minimum Gasteiger partial charge on any atom is -0.448 e. The van der Waals surface area contributed by atoms with E-state index in [1.165, 1.54) is 18.5 Å². The molecule has 0 saturated heterocycles. The molecule has 0 saturated carbocycles. The zero-order chi connectivity index (χ0) is 19.0. The van der Waals surface area contributed by atoms with Crippen molar-refractivity contribution in [1.29, 1.82) is 5.26 Å². The Morgan fingerprint density at radius 2 is 2.11 bits per heavy atom. The SMILES string of the molecule is N#Cc1ccc(Cl)cc1NC(=O)Cn1cnc2c(oc3ccccc32)c1=O. The van der Waals surface area contributed by atoms with Gasteiger partial charge in [0.2, 0.25) is 11.5 Å². The van der Waals surface area contributed by atoms with E-state index in [2.05, 4.69) is 10.3 Å². The Morgan fingerprint density at radius 1 is 1.30 bits per heavy atom. The highest BCUT2D eigenvalue weighted by Gasteiger charge is 2.15. The molecule has 27 heavy (non-hydrogen) atoms. The van der Waals surface area contributed by atoms with Crippen molar-refractivity contribution >= 4 is 45.3 Å². The number of nitriles is 1. The molecule has 7 nitrogen and oxygen atoms in total. The minimum absolute atomic E-state index is 0.0898. The van der Waals surface area contributed by atoms with E-state index in [1.54, 1.807) is 18.2 Å². The van der Waals surface area contributed by atoms with Gasteiger partial charge >= 0.3 is 0 Å². The highest BCUT2D eigenvalue weighted by atomic mass is 35.5. The van der Waals surface area contributed by atoms with Crippen LogP contribution in [-0.2, 0) is 11.3 Å². The Bertz CT molecular complexity index is 1300. The number of carbonyl (C=O) groups is 1. The van der Waals surface area contributed by atoms with Gasteiger partial charge in [-0.15, -0.1) is 0 Å². The Hall–Kier alpha value is -3.63. The number of hydrogen-bond donors (Lipinski definition) is 1. The van der Waals surface area contributed by atoms with Crippen molar-refractivity contribution in [2.75, 3.05) is 5.32 Å². The number of para-hydroxylation sites is 1. The number of hydrogen-bond acceptors (Lipinski definition) is 5. The lowest BCUT2D eigenvalue weighted by molar-refractivity contribution is -0.116. The Morgan fingerprint density at radius 3 is 2.93 bits per heavy atom. The standard InChI is InChI=1S/C19H11ClN4O3/c20-12-6-5-11(8-21)14(7-12)23-16(25)9-24-10-22-17-13-3-1-2-4-15(13)27-18(17)19(24)26/h1-7,10H,9H2,(H,23,25). The minimum atomic E-state index is -0.492. The van der Waals surface area contributed by atoms with Crippen LogP contribution >= 0.6 is 11.6 Å². The number of benzene rings is 2. The molecule has 0 spiro atoms. The second-order valence-electron chi connectivity index (χ2n) is 5.80. The molecule has 1 N–H and O–H groups in total. The zero-order valence-electron chi connectivity index (χ0n) is 13.8. The van der Waals surface area contributed by atoms with Crippen molar-refractivity contribution in [1.82, 2.24) is 9.55 Å². The number of nitrogens with zero attached hydrogens (tertiary/aromatic N) is 3. The van der Waals surface area contributed by atoms with Crippen molar-refractivity contribution in [3.05, 3.63) is 69.7 Å². The summed E-state index contributed by atoms with van der Waals surface area (Å²) in [6, 6.07) is 13.7. The van der Waals surface area contributed by atoms with Crippen molar-refractivity contribution in [3.8, 4) is 6.07 Å². The molecule has 2 aromatic carbocycles. The number of anilines is 1. The van der Waals surface area contributed by atoms with Gasteiger partial charge in [0.05, 0.1) is 17.6 Å². The van der Waals surface area contributed by atoms with Crippen LogP contribution in [0.15, 0.2) is 58.0 Å². The van der Waals surface area contributed by atoms with E-state index in [-0.39, 0.29) is 23.4 Å². The molecular weight excluding hydrogens is 368 g/mol. The van der Waals surface area contributed by atoms with Gasteiger partial charge in [0.1, 0.15) is 23.7 Å². The molecule has 0 aliphatic heterocycles. The number of furan rings is 1. The average Bonchev–Trinajstić information content (AvgIpc) is 3.04. The fourth-order valence-electron chi connectivity index (χ4n) is 2.79. The van der Waals surface area contributed by atoms with Gasteiger partial charge in [-0.1, -0.05) is 23.7 Å². The quantitative estimate of drug-likeness (QED) is 0.589. The van der Waals surface area contributed by atoms with E-state index in [0.29, 0.717) is 16.1 Å². The molecular formula is C19H11ClN4O3. The lowest BCUT2D eigenvalue weighted by atomic mass is 10.2. The highest BCUT2D eigenvalue weighted by molar-refractivity contribution is 6.31. The summed E-state index contributed by atoms with van der Waals surface area (Å²) in [6.45, 7) is -0.282. The second kappa shape index (κ2) is 6.59. The van der Waals surface area contributed by atoms with Crippen LogP contribution in [0.3, 0.4) is 0 Å². The fourth-order valence-corrected chi connectivity index (χ4v) is 2.96. The van der Waals surface area contributed by atoms with Crippen LogP contribution in [0.2, 0.25) is 5.02 Å². The normalized spacial score (nSPS) is 10.8. The van der Waals surface area contributed by atoms with Crippen molar-refractivity contribution < 1.29 is 9.21 Å². The number of halogens is 1. The molecule has 1 amide bonds. The third-order valence-electron chi connectivity index (χ3n) is 4.04. The molecule has 0 unspecified atom stereocenters. The smallest absolute Gasteiger partial charge is 0.297 e. The van der Waals surface area contributed by atoms with Crippen LogP contribution in [0.4, 0.5) is 5.69 Å². The molecule has 4 aromatic rings. The first-order chi connectivity index (χ1) is 13.1. The summed E-state index contributed by atoms with van der Waals surface area (Å²) in [5.41, 5.74) is 1.18. The van der Waals surface area contributed by atoms with Gasteiger partial charge < -0.3 is 9.73 Å². The fraction of sp³-hybridized carbons (Fsp3) is 0.0526. The number of rotatable bonds is 3. The maximum absolute atomic E-state index is 12.6. The summed E-state index contributed by atoms with van der Waals surface area (Å²) in [7, 11) is 0. The third kappa shape index (κ3) is 3.03. The molecule has 4 rings (SSSR count). The molecule has 0 bridgehead atoms. The predicted octanol–water partition coefficient (Wildman–Crippen LogP) is 3.31. The topological polar surface area (TPSA) is 101 Å². The first-order valence-corrected chi connectivity index (χ1v) is 8.31. The molecule has 2 heterocycles. The predicted molar refractivity (Wildman–Crippen MR) is 101 cm³/mol. The molecule has 0 aliphatic rings. The van der Waals surface area contributed by atoms with Gasteiger partial charge in [0.15, 0.2) is 0 Å². The maximum atomic E-state index is 12.6. The molecule has 132 valence electrons. The van der Waals surface area contributed by atoms with Crippen molar-refractivity contribution in [2.24, 2.45) is 0 Å². The van der Waals surface area contributed by atoms with Crippen LogP contribution < -0.4 is 10.9 Å². The highest BCUT2D eigenvalue weighted by Crippen LogP contribution is 2.24. The van der Waals surface area contributed by atoms with Gasteiger partial charge in [0, 0.05) is 10.4 Å². The van der Waals surface area contributed by atoms with Crippen LogP contribution in [0, 0.1) is 11.3 Å². The average molecular weight is 379 g/mol. The number of carbonyl (C=O) groups excluding carboxylic acids is 1. The van der Waals surface area contributed by atoms with Gasteiger partial charge in [-0.2, -0.15) is 5.26 Å². The molecule has 0 radical (unpaired) electrons. The van der Waals surface area contributed by atoms with Gasteiger partial charge in [-0.05, 0) is 30.3 Å². The monoisotopic (exact) mass is 378 g/mol. The second-order valence-corrected chi connectivity index (χ2v) is 6.24. The zero-order valence-corrected chi connectivity index (χ0v) is 14.5. The lowest BCUT2D eigenvalue weighted by Crippen LogP contribution is -2.27. The molecule has 0 fully saturated rings. The van der Waals surface area contributed by atoms with E-state index in [1.807, 2.05) is 18.2 Å². The lowest BCUT2D eigenvalue weighted by Gasteiger charge is -2.08. The van der Waals surface area contributed by atoms with Crippen LogP contribution in [-0.4, -0.2) is 15.5 Å². The largest absolute Gasteiger partial charge is 0.448 e. The van der Waals surface area contributed by atoms with Gasteiger partial charge in [-0.3, -0.25) is 14.2 Å². The van der Waals surface area contributed by atoms with Gasteiger partial charge in [-0.25, -0.2) is 4.98 Å². The first-order valence-electron chi connectivity index (χ1n) is 7.93. The number of nitrogens with one attached hydrogen (secondary N) is 1. The van der Waals surface area contributed by atoms with E-state index >= 15 is 0 Å². The molecule has 0 aliphatic carbocycles. The summed E-state index contributed by atoms with van der Waals surface area (Å²) < 4.78 is 6.74. The Kier molecular flexibility index (Phi) is 4.11. The van der Waals surface area contributed by atoms with E-state index < -0.39 is 11.5 Å².